The van der Waals surface area contributed by atoms with E-state index in [1.165, 1.54) is 0 Å². The second-order valence-corrected chi connectivity index (χ2v) is 7.94. The van der Waals surface area contributed by atoms with Crippen LogP contribution in [-0.2, 0) is 22.6 Å². The summed E-state index contributed by atoms with van der Waals surface area (Å²) in [5, 5.41) is 2.93. The Morgan fingerprint density at radius 2 is 1.79 bits per heavy atom. The summed E-state index contributed by atoms with van der Waals surface area (Å²) in [5.41, 5.74) is 1.69. The molecule has 1 heterocycles. The number of benzene rings is 2. The molecular weight excluding hydrogens is 420 g/mol. The van der Waals surface area contributed by atoms with Crippen LogP contribution < -0.4 is 19.5 Å². The van der Waals surface area contributed by atoms with Gasteiger partial charge in [0.25, 0.3) is 0 Å². The number of carbonyl (C=O) groups excluding carboxylic acids is 2. The SMILES string of the molecule is CCOc1ccc(CC(=O)N2CC(=O)NCCCCCOc3c(cccc3OCC)C2)cc1. The van der Waals surface area contributed by atoms with Crippen molar-refractivity contribution in [1.82, 2.24) is 10.2 Å². The highest BCUT2D eigenvalue weighted by atomic mass is 16.5. The maximum absolute atomic E-state index is 13.3. The highest BCUT2D eigenvalue weighted by Gasteiger charge is 2.22. The Morgan fingerprint density at radius 1 is 1.00 bits per heavy atom. The van der Waals surface area contributed by atoms with E-state index in [0.29, 0.717) is 37.9 Å². The Kier molecular flexibility index (Phi) is 9.42. The maximum Gasteiger partial charge on any atom is 0.239 e. The van der Waals surface area contributed by atoms with Crippen molar-refractivity contribution in [2.24, 2.45) is 0 Å². The van der Waals surface area contributed by atoms with Crippen molar-refractivity contribution in [3.05, 3.63) is 53.6 Å². The minimum atomic E-state index is -0.155. The molecule has 3 rings (SSSR count). The van der Waals surface area contributed by atoms with Crippen LogP contribution in [0.15, 0.2) is 42.5 Å². The number of hydrogen-bond acceptors (Lipinski definition) is 5. The van der Waals surface area contributed by atoms with Crippen molar-refractivity contribution in [3.63, 3.8) is 0 Å². The Hall–Kier alpha value is -3.22. The van der Waals surface area contributed by atoms with Crippen LogP contribution in [0.25, 0.3) is 0 Å². The fraction of sp³-hybridized carbons (Fsp3) is 0.462. The van der Waals surface area contributed by atoms with Crippen molar-refractivity contribution < 1.29 is 23.8 Å². The number of nitrogens with zero attached hydrogens (tertiary/aromatic N) is 1. The fourth-order valence-electron chi connectivity index (χ4n) is 3.75. The first kappa shape index (κ1) is 24.4. The molecule has 2 amide bonds. The minimum Gasteiger partial charge on any atom is -0.494 e. The lowest BCUT2D eigenvalue weighted by molar-refractivity contribution is -0.136. The van der Waals surface area contributed by atoms with Crippen molar-refractivity contribution >= 4 is 11.8 Å². The molecule has 0 saturated carbocycles. The predicted molar refractivity (Wildman–Crippen MR) is 127 cm³/mol. The van der Waals surface area contributed by atoms with Gasteiger partial charge in [-0.2, -0.15) is 0 Å². The lowest BCUT2D eigenvalue weighted by Gasteiger charge is -2.24. The van der Waals surface area contributed by atoms with Gasteiger partial charge in [0, 0.05) is 12.1 Å². The molecular formula is C26H34N2O5. The molecule has 0 radical (unpaired) electrons. The normalized spacial score (nSPS) is 15.1. The Morgan fingerprint density at radius 3 is 2.55 bits per heavy atom. The summed E-state index contributed by atoms with van der Waals surface area (Å²) in [6.07, 6.45) is 2.90. The molecule has 33 heavy (non-hydrogen) atoms. The van der Waals surface area contributed by atoms with Gasteiger partial charge in [0.2, 0.25) is 11.8 Å². The zero-order chi connectivity index (χ0) is 23.5. The van der Waals surface area contributed by atoms with Gasteiger partial charge < -0.3 is 24.4 Å². The van der Waals surface area contributed by atoms with Crippen LogP contribution in [0.3, 0.4) is 0 Å². The molecule has 0 unspecified atom stereocenters. The first-order valence-electron chi connectivity index (χ1n) is 11.7. The Bertz CT molecular complexity index is 913. The van der Waals surface area contributed by atoms with Crippen molar-refractivity contribution in [1.29, 1.82) is 0 Å². The molecule has 0 spiro atoms. The number of fused-ring (bicyclic) bond motifs is 1. The summed E-state index contributed by atoms with van der Waals surface area (Å²) in [7, 11) is 0. The average molecular weight is 455 g/mol. The summed E-state index contributed by atoms with van der Waals surface area (Å²) >= 11 is 0. The largest absolute Gasteiger partial charge is 0.494 e. The van der Waals surface area contributed by atoms with E-state index < -0.39 is 0 Å². The molecule has 0 saturated heterocycles. The van der Waals surface area contributed by atoms with E-state index in [0.717, 1.165) is 36.1 Å². The van der Waals surface area contributed by atoms with E-state index in [1.807, 2.05) is 56.3 Å². The number of ether oxygens (including phenoxy) is 3. The second kappa shape index (κ2) is 12.7. The topological polar surface area (TPSA) is 77.1 Å². The van der Waals surface area contributed by atoms with Gasteiger partial charge in [-0.05, 0) is 56.9 Å². The third-order valence-electron chi connectivity index (χ3n) is 5.39. The lowest BCUT2D eigenvalue weighted by Crippen LogP contribution is -2.41. The molecule has 0 aromatic heterocycles. The van der Waals surface area contributed by atoms with E-state index in [4.69, 9.17) is 14.2 Å². The molecule has 0 bridgehead atoms. The molecule has 1 aliphatic rings. The number of amides is 2. The molecule has 1 aliphatic heterocycles. The molecule has 178 valence electrons. The second-order valence-electron chi connectivity index (χ2n) is 7.94. The lowest BCUT2D eigenvalue weighted by atomic mass is 10.1. The maximum atomic E-state index is 13.3. The van der Waals surface area contributed by atoms with Gasteiger partial charge in [-0.15, -0.1) is 0 Å². The van der Waals surface area contributed by atoms with Crippen molar-refractivity contribution in [3.8, 4) is 17.2 Å². The predicted octanol–water partition coefficient (Wildman–Crippen LogP) is 3.73. The summed E-state index contributed by atoms with van der Waals surface area (Å²) in [6.45, 7) is 6.38. The van der Waals surface area contributed by atoms with Gasteiger partial charge in [-0.25, -0.2) is 0 Å². The average Bonchev–Trinajstić information content (AvgIpc) is 2.82. The molecule has 1 N–H and O–H groups in total. The van der Waals surface area contributed by atoms with Gasteiger partial charge >= 0.3 is 0 Å². The van der Waals surface area contributed by atoms with Gasteiger partial charge in [0.15, 0.2) is 11.5 Å². The highest BCUT2D eigenvalue weighted by Crippen LogP contribution is 2.33. The molecule has 7 heteroatoms. The Labute approximate surface area is 196 Å². The van der Waals surface area contributed by atoms with Crippen LogP contribution in [0, 0.1) is 0 Å². The molecule has 2 aromatic carbocycles. The monoisotopic (exact) mass is 454 g/mol. The molecule has 0 fully saturated rings. The van der Waals surface area contributed by atoms with Gasteiger partial charge in [-0.1, -0.05) is 24.3 Å². The molecule has 0 aliphatic carbocycles. The van der Waals surface area contributed by atoms with E-state index in [-0.39, 0.29) is 31.3 Å². The van der Waals surface area contributed by atoms with E-state index in [2.05, 4.69) is 5.32 Å². The van der Waals surface area contributed by atoms with E-state index >= 15 is 0 Å². The third kappa shape index (κ3) is 7.41. The van der Waals surface area contributed by atoms with Gasteiger partial charge in [-0.3, -0.25) is 9.59 Å². The summed E-state index contributed by atoms with van der Waals surface area (Å²) in [4.78, 5) is 27.4. The number of carbonyl (C=O) groups is 2. The van der Waals surface area contributed by atoms with Crippen LogP contribution in [0.1, 0.15) is 44.2 Å². The fourth-order valence-corrected chi connectivity index (χ4v) is 3.75. The number of hydrogen-bond donors (Lipinski definition) is 1. The first-order chi connectivity index (χ1) is 16.1. The highest BCUT2D eigenvalue weighted by molar-refractivity contribution is 5.86. The van der Waals surface area contributed by atoms with Crippen molar-refractivity contribution in [2.45, 2.75) is 46.1 Å². The zero-order valence-electron chi connectivity index (χ0n) is 19.6. The molecule has 7 nitrogen and oxygen atoms in total. The number of para-hydroxylation sites is 1. The zero-order valence-corrected chi connectivity index (χ0v) is 19.6. The van der Waals surface area contributed by atoms with Gasteiger partial charge in [0.05, 0.1) is 39.3 Å². The first-order valence-corrected chi connectivity index (χ1v) is 11.7. The Balaban J connectivity index is 1.84. The molecule has 0 atom stereocenters. The smallest absolute Gasteiger partial charge is 0.239 e. The number of rotatable bonds is 6. The third-order valence-corrected chi connectivity index (χ3v) is 5.39. The van der Waals surface area contributed by atoms with E-state index in [9.17, 15) is 9.59 Å². The number of nitrogens with one attached hydrogen (secondary N) is 1. The summed E-state index contributed by atoms with van der Waals surface area (Å²) in [5.74, 6) is 1.80. The van der Waals surface area contributed by atoms with E-state index in [1.54, 1.807) is 4.90 Å². The van der Waals surface area contributed by atoms with Crippen LogP contribution >= 0.6 is 0 Å². The summed E-state index contributed by atoms with van der Waals surface area (Å²) in [6, 6.07) is 13.2. The van der Waals surface area contributed by atoms with Gasteiger partial charge in [0.1, 0.15) is 5.75 Å². The quantitative estimate of drug-likeness (QED) is 0.720. The van der Waals surface area contributed by atoms with Crippen LogP contribution in [0.2, 0.25) is 0 Å². The standard InChI is InChI=1S/C26H34N2O5/c1-3-31-22-13-11-20(12-14-22)17-25(30)28-18-21-9-8-10-23(32-4-2)26(21)33-16-7-5-6-15-27-24(29)19-28/h8-14H,3-7,15-19H2,1-2H3,(H,27,29). The van der Waals surface area contributed by atoms with Crippen LogP contribution in [-0.4, -0.2) is 49.6 Å². The van der Waals surface area contributed by atoms with Crippen LogP contribution in [0.4, 0.5) is 0 Å². The van der Waals surface area contributed by atoms with Crippen LogP contribution in [0.5, 0.6) is 17.2 Å². The summed E-state index contributed by atoms with van der Waals surface area (Å²) < 4.78 is 17.4. The minimum absolute atomic E-state index is 0.00579. The van der Waals surface area contributed by atoms with Crippen molar-refractivity contribution in [2.75, 3.05) is 32.9 Å². The molecule has 2 aromatic rings.